The van der Waals surface area contributed by atoms with Crippen molar-refractivity contribution in [1.82, 2.24) is 14.8 Å². The van der Waals surface area contributed by atoms with Gasteiger partial charge in [0.25, 0.3) is 5.91 Å². The first-order valence-corrected chi connectivity index (χ1v) is 9.39. The summed E-state index contributed by atoms with van der Waals surface area (Å²) in [4.78, 5) is 15.4. The van der Waals surface area contributed by atoms with Gasteiger partial charge in [-0.15, -0.1) is 0 Å². The van der Waals surface area contributed by atoms with Crippen molar-refractivity contribution in [3.8, 4) is 11.3 Å². The Morgan fingerprint density at radius 2 is 1.96 bits per heavy atom. The molecule has 3 fully saturated rings. The Balaban J connectivity index is 1.55. The lowest BCUT2D eigenvalue weighted by Gasteiger charge is -2.49. The van der Waals surface area contributed by atoms with Crippen LogP contribution in [-0.2, 0) is 7.05 Å². The van der Waals surface area contributed by atoms with E-state index in [-0.39, 0.29) is 11.9 Å². The second-order valence-electron chi connectivity index (χ2n) is 7.29. The molecular formula is C20H24ClN3O. The first kappa shape index (κ1) is 16.7. The Labute approximate surface area is 153 Å². The molecule has 3 saturated heterocycles. The van der Waals surface area contributed by atoms with Crippen molar-refractivity contribution in [3.63, 3.8) is 0 Å². The third kappa shape index (κ3) is 2.98. The fourth-order valence-electron chi connectivity index (χ4n) is 4.45. The summed E-state index contributed by atoms with van der Waals surface area (Å²) in [7, 11) is 1.94. The van der Waals surface area contributed by atoms with Gasteiger partial charge >= 0.3 is 0 Å². The van der Waals surface area contributed by atoms with Crippen molar-refractivity contribution in [1.29, 1.82) is 0 Å². The molecule has 0 aliphatic carbocycles. The number of amides is 1. The van der Waals surface area contributed by atoms with Crippen LogP contribution >= 0.6 is 11.6 Å². The Kier molecular flexibility index (Phi) is 4.34. The van der Waals surface area contributed by atoms with Gasteiger partial charge in [0.2, 0.25) is 0 Å². The van der Waals surface area contributed by atoms with E-state index in [1.165, 1.54) is 25.9 Å². The fraction of sp³-hybridized carbons (Fsp3) is 0.450. The second kappa shape index (κ2) is 6.50. The lowest BCUT2D eigenvalue weighted by atomic mass is 9.79. The number of nitrogens with zero attached hydrogens (tertiary/aromatic N) is 2. The number of nitrogens with one attached hydrogen (secondary N) is 1. The minimum atomic E-state index is 0.0152. The zero-order valence-corrected chi connectivity index (χ0v) is 15.5. The number of fused-ring (bicyclic) bond motifs is 3. The molecule has 1 amide bonds. The predicted octanol–water partition coefficient (Wildman–Crippen LogP) is 3.56. The smallest absolute Gasteiger partial charge is 0.268 e. The molecule has 2 atom stereocenters. The van der Waals surface area contributed by atoms with E-state index in [2.05, 4.69) is 17.1 Å². The van der Waals surface area contributed by atoms with E-state index in [4.69, 9.17) is 11.6 Å². The van der Waals surface area contributed by atoms with E-state index < -0.39 is 0 Å². The molecule has 4 heterocycles. The lowest BCUT2D eigenvalue weighted by Crippen LogP contribution is -2.62. The van der Waals surface area contributed by atoms with Crippen molar-refractivity contribution in [2.24, 2.45) is 13.0 Å². The number of halogens is 1. The minimum absolute atomic E-state index is 0.0152. The number of benzene rings is 1. The molecule has 3 aliphatic heterocycles. The summed E-state index contributed by atoms with van der Waals surface area (Å²) >= 11 is 6.10. The summed E-state index contributed by atoms with van der Waals surface area (Å²) in [6, 6.07) is 12.3. The number of carbonyl (C=O) groups is 1. The van der Waals surface area contributed by atoms with Gasteiger partial charge in [-0.25, -0.2) is 0 Å². The number of aromatic nitrogens is 1. The topological polar surface area (TPSA) is 37.3 Å². The summed E-state index contributed by atoms with van der Waals surface area (Å²) in [6.45, 7) is 4.57. The van der Waals surface area contributed by atoms with Crippen LogP contribution in [0.1, 0.15) is 30.3 Å². The van der Waals surface area contributed by atoms with Gasteiger partial charge in [-0.1, -0.05) is 23.7 Å². The van der Waals surface area contributed by atoms with Gasteiger partial charge in [-0.05, 0) is 68.6 Å². The molecule has 2 aromatic rings. The molecule has 0 saturated carbocycles. The molecule has 132 valence electrons. The monoisotopic (exact) mass is 357 g/mol. The molecule has 0 unspecified atom stereocenters. The van der Waals surface area contributed by atoms with E-state index in [9.17, 15) is 4.79 Å². The second-order valence-corrected chi connectivity index (χ2v) is 7.72. The number of hydrogen-bond donors (Lipinski definition) is 1. The summed E-state index contributed by atoms with van der Waals surface area (Å²) in [5, 5.41) is 4.01. The van der Waals surface area contributed by atoms with E-state index >= 15 is 0 Å². The van der Waals surface area contributed by atoms with Crippen LogP contribution < -0.4 is 5.32 Å². The molecule has 1 aromatic heterocycles. The van der Waals surface area contributed by atoms with Gasteiger partial charge in [0, 0.05) is 29.8 Å². The van der Waals surface area contributed by atoms with Crippen LogP contribution in [0.2, 0.25) is 5.02 Å². The van der Waals surface area contributed by atoms with Crippen LogP contribution in [-0.4, -0.2) is 40.5 Å². The molecule has 1 N–H and O–H groups in total. The number of hydrogen-bond acceptors (Lipinski definition) is 2. The van der Waals surface area contributed by atoms with Gasteiger partial charge in [-0.2, -0.15) is 0 Å². The Morgan fingerprint density at radius 3 is 2.64 bits per heavy atom. The van der Waals surface area contributed by atoms with Crippen LogP contribution in [0.25, 0.3) is 11.3 Å². The van der Waals surface area contributed by atoms with E-state index in [1.807, 2.05) is 48.0 Å². The highest BCUT2D eigenvalue weighted by molar-refractivity contribution is 6.30. The van der Waals surface area contributed by atoms with Crippen LogP contribution in [0.4, 0.5) is 0 Å². The maximum atomic E-state index is 12.9. The molecule has 0 spiro atoms. The highest BCUT2D eigenvalue weighted by Crippen LogP contribution is 2.32. The molecule has 3 aliphatic rings. The van der Waals surface area contributed by atoms with Gasteiger partial charge in [-0.3, -0.25) is 9.69 Å². The third-order valence-electron chi connectivity index (χ3n) is 5.95. The van der Waals surface area contributed by atoms with Crippen LogP contribution in [0.15, 0.2) is 36.4 Å². The maximum Gasteiger partial charge on any atom is 0.268 e. The summed E-state index contributed by atoms with van der Waals surface area (Å²) in [5.74, 6) is 0.623. The number of piperidine rings is 3. The molecule has 5 heteroatoms. The van der Waals surface area contributed by atoms with Crippen molar-refractivity contribution >= 4 is 17.5 Å². The highest BCUT2D eigenvalue weighted by atomic mass is 35.5. The highest BCUT2D eigenvalue weighted by Gasteiger charge is 2.40. The van der Waals surface area contributed by atoms with Crippen molar-refractivity contribution in [3.05, 3.63) is 47.1 Å². The van der Waals surface area contributed by atoms with Crippen LogP contribution in [0.5, 0.6) is 0 Å². The van der Waals surface area contributed by atoms with Crippen molar-refractivity contribution in [2.45, 2.75) is 31.8 Å². The summed E-state index contributed by atoms with van der Waals surface area (Å²) < 4.78 is 1.95. The molecule has 1 aromatic carbocycles. The maximum absolute atomic E-state index is 12.9. The Hall–Kier alpha value is -1.78. The summed E-state index contributed by atoms with van der Waals surface area (Å²) in [5.41, 5.74) is 2.71. The van der Waals surface area contributed by atoms with Gasteiger partial charge in [0.05, 0.1) is 0 Å². The standard InChI is InChI=1S/C20H24ClN3O/c1-13-19(14-8-10-24(13)11-9-14)22-20(25)18-7-6-17(23(18)2)15-4-3-5-16(21)12-15/h3-7,12-14,19H,8-11H2,1-2H3,(H,22,25)/t13-,19+/m1/s1. The first-order valence-electron chi connectivity index (χ1n) is 9.01. The van der Waals surface area contributed by atoms with Gasteiger partial charge < -0.3 is 9.88 Å². The van der Waals surface area contributed by atoms with Crippen molar-refractivity contribution < 1.29 is 4.79 Å². The normalized spacial score (nSPS) is 28.1. The Morgan fingerprint density at radius 1 is 1.20 bits per heavy atom. The first-order chi connectivity index (χ1) is 12.0. The number of rotatable bonds is 3. The molecule has 5 rings (SSSR count). The van der Waals surface area contributed by atoms with Crippen molar-refractivity contribution in [2.75, 3.05) is 13.1 Å². The van der Waals surface area contributed by atoms with Gasteiger partial charge in [0.15, 0.2) is 0 Å². The van der Waals surface area contributed by atoms with Crippen LogP contribution in [0, 0.1) is 5.92 Å². The largest absolute Gasteiger partial charge is 0.346 e. The van der Waals surface area contributed by atoms with E-state index in [1.54, 1.807) is 0 Å². The average molecular weight is 358 g/mol. The third-order valence-corrected chi connectivity index (χ3v) is 6.19. The quantitative estimate of drug-likeness (QED) is 0.912. The van der Waals surface area contributed by atoms with Gasteiger partial charge in [0.1, 0.15) is 5.69 Å². The SMILES string of the molecule is C[C@@H]1[C@H](NC(=O)c2ccc(-c3cccc(Cl)c3)n2C)C2CCN1CC2. The zero-order chi connectivity index (χ0) is 17.6. The van der Waals surface area contributed by atoms with Crippen LogP contribution in [0.3, 0.4) is 0 Å². The molecular weight excluding hydrogens is 334 g/mol. The van der Waals surface area contributed by atoms with E-state index in [0.29, 0.717) is 22.7 Å². The average Bonchev–Trinajstić information content (AvgIpc) is 3.00. The molecule has 25 heavy (non-hydrogen) atoms. The predicted molar refractivity (Wildman–Crippen MR) is 101 cm³/mol. The minimum Gasteiger partial charge on any atom is -0.346 e. The molecule has 2 bridgehead atoms. The Bertz CT molecular complexity index is 790. The fourth-order valence-corrected chi connectivity index (χ4v) is 4.64. The molecule has 0 radical (unpaired) electrons. The lowest BCUT2D eigenvalue weighted by molar-refractivity contribution is 0.0215. The number of carbonyl (C=O) groups excluding carboxylic acids is 1. The molecule has 4 nitrogen and oxygen atoms in total. The van der Waals surface area contributed by atoms with E-state index in [0.717, 1.165) is 11.3 Å². The zero-order valence-electron chi connectivity index (χ0n) is 14.7. The summed E-state index contributed by atoms with van der Waals surface area (Å²) in [6.07, 6.45) is 2.38.